The Morgan fingerprint density at radius 1 is 0.848 bits per heavy atom. The molecule has 1 amide bonds. The summed E-state index contributed by atoms with van der Waals surface area (Å²) in [4.78, 5) is 18.7. The van der Waals surface area contributed by atoms with Gasteiger partial charge < -0.3 is 4.90 Å². The molecule has 0 aromatic heterocycles. The molecule has 2 aliphatic heterocycles. The molecule has 3 atom stereocenters. The van der Waals surface area contributed by atoms with Crippen LogP contribution in [0.2, 0.25) is 0 Å². The van der Waals surface area contributed by atoms with Crippen LogP contribution in [0.15, 0.2) is 84.9 Å². The van der Waals surface area contributed by atoms with Gasteiger partial charge in [-0.25, -0.2) is 0 Å². The van der Waals surface area contributed by atoms with Crippen LogP contribution >= 0.6 is 0 Å². The molecule has 2 heterocycles. The van der Waals surface area contributed by atoms with Crippen molar-refractivity contribution >= 4 is 5.91 Å². The molecule has 0 radical (unpaired) electrons. The van der Waals surface area contributed by atoms with Crippen LogP contribution in [0.3, 0.4) is 0 Å². The van der Waals surface area contributed by atoms with Crippen LogP contribution in [0, 0.1) is 12.8 Å². The Morgan fingerprint density at radius 2 is 1.52 bits per heavy atom. The third kappa shape index (κ3) is 4.89. The Labute approximate surface area is 198 Å². The van der Waals surface area contributed by atoms with E-state index in [0.717, 1.165) is 45.4 Å². The van der Waals surface area contributed by atoms with Gasteiger partial charge in [0.15, 0.2) is 0 Å². The highest BCUT2D eigenvalue weighted by Crippen LogP contribution is 2.37. The summed E-state index contributed by atoms with van der Waals surface area (Å²) in [5.41, 5.74) is 5.28. The molecule has 0 aliphatic carbocycles. The maximum atomic E-state index is 14.0. The quantitative estimate of drug-likeness (QED) is 0.511. The van der Waals surface area contributed by atoms with Crippen LogP contribution in [-0.4, -0.2) is 41.4 Å². The molecule has 2 aliphatic rings. The van der Waals surface area contributed by atoms with E-state index in [4.69, 9.17) is 0 Å². The highest BCUT2D eigenvalue weighted by molar-refractivity contribution is 5.81. The maximum absolute atomic E-state index is 14.0. The highest BCUT2D eigenvalue weighted by atomic mass is 16.2. The summed E-state index contributed by atoms with van der Waals surface area (Å²) in [7, 11) is 0. The fraction of sp³-hybridized carbons (Fsp3) is 0.367. The van der Waals surface area contributed by atoms with E-state index in [2.05, 4.69) is 102 Å². The maximum Gasteiger partial charge on any atom is 0.227 e. The van der Waals surface area contributed by atoms with Gasteiger partial charge in [-0.2, -0.15) is 0 Å². The second kappa shape index (κ2) is 9.93. The zero-order valence-corrected chi connectivity index (χ0v) is 19.6. The molecular formula is C30H34N2O. The first-order valence-corrected chi connectivity index (χ1v) is 12.4. The minimum absolute atomic E-state index is 0.0196. The van der Waals surface area contributed by atoms with Crippen molar-refractivity contribution in [2.45, 2.75) is 44.7 Å². The number of hydrogen-bond acceptors (Lipinski definition) is 2. The van der Waals surface area contributed by atoms with Gasteiger partial charge in [0.2, 0.25) is 5.91 Å². The van der Waals surface area contributed by atoms with Crippen molar-refractivity contribution in [1.82, 2.24) is 9.80 Å². The van der Waals surface area contributed by atoms with Crippen LogP contribution in [0.1, 0.15) is 41.0 Å². The van der Waals surface area contributed by atoms with Crippen LogP contribution in [0.25, 0.3) is 0 Å². The number of carbonyl (C=O) groups is 1. The minimum Gasteiger partial charge on any atom is -0.339 e. The van der Waals surface area contributed by atoms with Crippen molar-refractivity contribution in [1.29, 1.82) is 0 Å². The molecule has 2 fully saturated rings. The number of benzene rings is 3. The molecule has 3 aromatic rings. The van der Waals surface area contributed by atoms with Crippen molar-refractivity contribution in [3.8, 4) is 0 Å². The molecule has 5 rings (SSSR count). The smallest absolute Gasteiger partial charge is 0.227 e. The number of likely N-dealkylation sites (tertiary alicyclic amines) is 2. The molecule has 3 aromatic carbocycles. The number of hydrogen-bond donors (Lipinski definition) is 0. The van der Waals surface area contributed by atoms with E-state index in [0.29, 0.717) is 11.9 Å². The van der Waals surface area contributed by atoms with Crippen molar-refractivity contribution in [2.75, 3.05) is 19.6 Å². The van der Waals surface area contributed by atoms with Gasteiger partial charge in [0.1, 0.15) is 0 Å². The number of carbonyl (C=O) groups excluding carboxylic acids is 1. The predicted molar refractivity (Wildman–Crippen MR) is 134 cm³/mol. The SMILES string of the molecule is Cc1ccccc1[C@@H]1CN(Cc2ccccc2)C[C@H]1C(=O)N1CCCC1Cc1ccccc1. The highest BCUT2D eigenvalue weighted by Gasteiger charge is 2.43. The van der Waals surface area contributed by atoms with Gasteiger partial charge in [0.05, 0.1) is 5.92 Å². The second-order valence-electron chi connectivity index (χ2n) is 9.77. The van der Waals surface area contributed by atoms with Crippen molar-refractivity contribution in [3.05, 3.63) is 107 Å². The van der Waals surface area contributed by atoms with Gasteiger partial charge in [0.25, 0.3) is 0 Å². The van der Waals surface area contributed by atoms with Crippen molar-refractivity contribution in [2.24, 2.45) is 5.92 Å². The van der Waals surface area contributed by atoms with Gasteiger partial charge in [0, 0.05) is 38.1 Å². The molecular weight excluding hydrogens is 404 g/mol. The predicted octanol–water partition coefficient (Wildman–Crippen LogP) is 5.44. The van der Waals surface area contributed by atoms with E-state index in [-0.39, 0.29) is 11.8 Å². The van der Waals surface area contributed by atoms with E-state index >= 15 is 0 Å². The van der Waals surface area contributed by atoms with Gasteiger partial charge in [-0.3, -0.25) is 9.69 Å². The van der Waals surface area contributed by atoms with Gasteiger partial charge >= 0.3 is 0 Å². The summed E-state index contributed by atoms with van der Waals surface area (Å²) < 4.78 is 0. The lowest BCUT2D eigenvalue weighted by molar-refractivity contribution is -0.136. The number of nitrogens with zero attached hydrogens (tertiary/aromatic N) is 2. The van der Waals surface area contributed by atoms with Crippen LogP contribution in [-0.2, 0) is 17.8 Å². The summed E-state index contributed by atoms with van der Waals surface area (Å²) in [5, 5.41) is 0. The molecule has 0 saturated carbocycles. The fourth-order valence-corrected chi connectivity index (χ4v) is 5.86. The summed E-state index contributed by atoms with van der Waals surface area (Å²) in [6, 6.07) is 30.3. The fourth-order valence-electron chi connectivity index (χ4n) is 5.86. The lowest BCUT2D eigenvalue weighted by Gasteiger charge is -2.30. The van der Waals surface area contributed by atoms with E-state index in [9.17, 15) is 4.79 Å². The first kappa shape index (κ1) is 21.9. The third-order valence-electron chi connectivity index (χ3n) is 7.52. The minimum atomic E-state index is 0.0196. The lowest BCUT2D eigenvalue weighted by Crippen LogP contribution is -2.42. The Morgan fingerprint density at radius 3 is 2.24 bits per heavy atom. The van der Waals surface area contributed by atoms with E-state index < -0.39 is 0 Å². The molecule has 0 bridgehead atoms. The summed E-state index contributed by atoms with van der Waals surface area (Å²) in [5.74, 6) is 0.629. The van der Waals surface area contributed by atoms with E-state index in [1.807, 2.05) is 0 Å². The van der Waals surface area contributed by atoms with Crippen LogP contribution in [0.4, 0.5) is 0 Å². The molecule has 3 nitrogen and oxygen atoms in total. The molecule has 3 heteroatoms. The van der Waals surface area contributed by atoms with Crippen LogP contribution < -0.4 is 0 Å². The summed E-state index contributed by atoms with van der Waals surface area (Å²) in [6.45, 7) is 5.76. The van der Waals surface area contributed by atoms with E-state index in [1.165, 1.54) is 22.3 Å². The molecule has 2 saturated heterocycles. The Hall–Kier alpha value is -2.91. The zero-order valence-electron chi connectivity index (χ0n) is 19.6. The largest absolute Gasteiger partial charge is 0.339 e. The van der Waals surface area contributed by atoms with Crippen molar-refractivity contribution < 1.29 is 4.79 Å². The molecule has 1 unspecified atom stereocenters. The van der Waals surface area contributed by atoms with Crippen molar-refractivity contribution in [3.63, 3.8) is 0 Å². The molecule has 0 spiro atoms. The lowest BCUT2D eigenvalue weighted by atomic mass is 9.85. The first-order chi connectivity index (χ1) is 16.2. The van der Waals surface area contributed by atoms with E-state index in [1.54, 1.807) is 0 Å². The summed E-state index contributed by atoms with van der Waals surface area (Å²) >= 11 is 0. The topological polar surface area (TPSA) is 23.6 Å². The number of aryl methyl sites for hydroxylation is 1. The third-order valence-corrected chi connectivity index (χ3v) is 7.52. The molecule has 33 heavy (non-hydrogen) atoms. The Bertz CT molecular complexity index is 1060. The molecule has 170 valence electrons. The average molecular weight is 439 g/mol. The van der Waals surface area contributed by atoms with Crippen LogP contribution in [0.5, 0.6) is 0 Å². The number of rotatable bonds is 6. The normalized spacial score (nSPS) is 23.2. The standard InChI is InChI=1S/C30H34N2O/c1-23-11-8-9-17-27(23)28-21-31(20-25-14-6-3-7-15-25)22-29(28)30(33)32-18-10-16-26(32)19-24-12-4-2-5-13-24/h2-9,11-15,17,26,28-29H,10,16,18-22H2,1H3/t26?,28-,29+/m0/s1. The summed E-state index contributed by atoms with van der Waals surface area (Å²) in [6.07, 6.45) is 3.18. The molecule has 0 N–H and O–H groups in total. The Balaban J connectivity index is 1.38. The first-order valence-electron chi connectivity index (χ1n) is 12.4. The second-order valence-corrected chi connectivity index (χ2v) is 9.77. The Kier molecular flexibility index (Phi) is 6.59. The van der Waals surface area contributed by atoms with Gasteiger partial charge in [-0.1, -0.05) is 84.9 Å². The number of amides is 1. The van der Waals surface area contributed by atoms with Gasteiger partial charge in [-0.15, -0.1) is 0 Å². The average Bonchev–Trinajstić information content (AvgIpc) is 3.47. The monoisotopic (exact) mass is 438 g/mol. The zero-order chi connectivity index (χ0) is 22.6. The van der Waals surface area contributed by atoms with Gasteiger partial charge in [-0.05, 0) is 48.4 Å².